The number of nitriles is 1. The molecule has 1 amide bonds. The van der Waals surface area contributed by atoms with Crippen LogP contribution in [0.5, 0.6) is 11.8 Å². The molecule has 0 aliphatic carbocycles. The maximum absolute atomic E-state index is 16.9. The first-order chi connectivity index (χ1) is 24.1. The van der Waals surface area contributed by atoms with Crippen LogP contribution in [0.25, 0.3) is 10.9 Å². The number of anilines is 3. The summed E-state index contributed by atoms with van der Waals surface area (Å²) < 4.78 is 58.1. The van der Waals surface area contributed by atoms with E-state index in [2.05, 4.69) is 28.5 Å². The number of aliphatic hydroxyl groups excluding tert-OH is 1. The molecule has 3 saturated heterocycles. The Morgan fingerprint density at radius 1 is 1.28 bits per heavy atom. The van der Waals surface area contributed by atoms with Crippen LogP contribution in [0.2, 0.25) is 0 Å². The number of fused-ring (bicyclic) bond motifs is 4. The number of ether oxygens (including phenoxy) is 2. The summed E-state index contributed by atoms with van der Waals surface area (Å²) >= 11 is 0. The summed E-state index contributed by atoms with van der Waals surface area (Å²) in [5.74, 6) is 0.516. The first-order valence-electron chi connectivity index (χ1n) is 16.4. The molecule has 260 valence electrons. The van der Waals surface area contributed by atoms with Crippen LogP contribution in [0.15, 0.2) is 31.0 Å². The quantitative estimate of drug-likeness (QED) is 0.277. The van der Waals surface area contributed by atoms with Crippen molar-refractivity contribution < 1.29 is 32.5 Å². The van der Waals surface area contributed by atoms with E-state index < -0.39 is 35.3 Å². The predicted octanol–water partition coefficient (Wildman–Crippen LogP) is 3.10. The number of aromatic nitrogens is 3. The number of alkyl halides is 1. The van der Waals surface area contributed by atoms with Crippen LogP contribution in [0.4, 0.5) is 30.5 Å². The number of hydrogen-bond acceptors (Lipinski definition) is 11. The number of hydrogen-bond donors (Lipinski definition) is 1. The SMILES string of the molecule is C#Cc1c(F)ccc2c1N(c1ncc3c(N4C[C@H]5CC(C#N)[C@@H](C4)N5C(=O)C=C)nc(OC[C@]4(C)C[C@@H](F)CN4CCO)nc3c1F)CCO2. The van der Waals surface area contributed by atoms with E-state index in [0.29, 0.717) is 6.42 Å². The van der Waals surface area contributed by atoms with Crippen molar-refractivity contribution in [2.75, 3.05) is 62.3 Å². The summed E-state index contributed by atoms with van der Waals surface area (Å²) in [5.41, 5.74) is -0.876. The normalized spacial score (nSPS) is 25.9. The van der Waals surface area contributed by atoms with Gasteiger partial charge in [-0.15, -0.1) is 6.42 Å². The van der Waals surface area contributed by atoms with Gasteiger partial charge in [-0.05, 0) is 31.6 Å². The second-order valence-corrected chi connectivity index (χ2v) is 13.2. The van der Waals surface area contributed by atoms with Gasteiger partial charge in [0, 0.05) is 38.8 Å². The zero-order chi connectivity index (χ0) is 35.3. The summed E-state index contributed by atoms with van der Waals surface area (Å²) in [5, 5.41) is 19.7. The molecule has 1 aromatic carbocycles. The van der Waals surface area contributed by atoms with E-state index in [4.69, 9.17) is 20.9 Å². The van der Waals surface area contributed by atoms with Gasteiger partial charge in [0.05, 0.1) is 53.7 Å². The van der Waals surface area contributed by atoms with Crippen LogP contribution in [0, 0.1) is 41.2 Å². The minimum Gasteiger partial charge on any atom is -0.489 e. The van der Waals surface area contributed by atoms with Crippen LogP contribution >= 0.6 is 0 Å². The van der Waals surface area contributed by atoms with Gasteiger partial charge in [0.2, 0.25) is 5.91 Å². The molecular weight excluding hydrogens is 653 g/mol. The molecular formula is C35H35F3N8O4. The molecule has 0 radical (unpaired) electrons. The fourth-order valence-electron chi connectivity index (χ4n) is 7.85. The van der Waals surface area contributed by atoms with Gasteiger partial charge >= 0.3 is 6.01 Å². The average molecular weight is 689 g/mol. The number of carbonyl (C=O) groups is 1. The van der Waals surface area contributed by atoms with Crippen molar-refractivity contribution in [2.45, 2.75) is 43.6 Å². The fourth-order valence-corrected chi connectivity index (χ4v) is 7.85. The molecule has 0 saturated carbocycles. The van der Waals surface area contributed by atoms with E-state index in [-0.39, 0.29) is 116 Å². The summed E-state index contributed by atoms with van der Waals surface area (Å²) in [6.07, 6.45) is 7.80. The van der Waals surface area contributed by atoms with Gasteiger partial charge in [0.15, 0.2) is 11.6 Å². The van der Waals surface area contributed by atoms with Crippen molar-refractivity contribution >= 4 is 34.1 Å². The standard InChI is InChI=1S/C35H35F3N8O4/c1-4-23-25(37)6-7-27-31(23)45(9-11-49-27)33-29(38)30-24(15-40-33)32(43-17-22-12-20(14-39)26(18-43)46(22)28(48)5-2)42-34(41-30)50-19-35(3)13-21(36)16-44(35)8-10-47/h1,5-7,15,20-22,26,47H,2,8-13,16-19H2,3H3/t20?,21-,22-,26-,35+/m1/s1. The van der Waals surface area contributed by atoms with Gasteiger partial charge in [-0.25, -0.2) is 18.2 Å². The number of aliphatic hydroxyl groups is 1. The summed E-state index contributed by atoms with van der Waals surface area (Å²) in [7, 11) is 0. The van der Waals surface area contributed by atoms with Gasteiger partial charge in [-0.1, -0.05) is 12.5 Å². The molecule has 15 heteroatoms. The number of amides is 1. The topological polar surface area (TPSA) is 131 Å². The number of benzene rings is 1. The minimum absolute atomic E-state index is 0.0526. The smallest absolute Gasteiger partial charge is 0.319 e. The number of halogens is 3. The highest BCUT2D eigenvalue weighted by molar-refractivity contribution is 5.93. The maximum atomic E-state index is 16.9. The van der Waals surface area contributed by atoms with Crippen molar-refractivity contribution in [3.8, 4) is 30.2 Å². The molecule has 0 spiro atoms. The van der Waals surface area contributed by atoms with Crippen LogP contribution in [-0.2, 0) is 4.79 Å². The van der Waals surface area contributed by atoms with Crippen molar-refractivity contribution in [3.05, 3.63) is 48.2 Å². The second kappa shape index (κ2) is 13.0. The molecule has 7 rings (SSSR count). The monoisotopic (exact) mass is 688 g/mol. The van der Waals surface area contributed by atoms with E-state index in [1.165, 1.54) is 29.3 Å². The van der Waals surface area contributed by atoms with Crippen LogP contribution in [-0.4, -0.2) is 112 Å². The van der Waals surface area contributed by atoms with E-state index in [9.17, 15) is 23.9 Å². The Labute approximate surface area is 286 Å². The highest BCUT2D eigenvalue weighted by Gasteiger charge is 2.49. The van der Waals surface area contributed by atoms with Crippen LogP contribution in [0.3, 0.4) is 0 Å². The van der Waals surface area contributed by atoms with E-state index in [0.717, 1.165) is 0 Å². The molecule has 6 heterocycles. The van der Waals surface area contributed by atoms with Gasteiger partial charge in [0.25, 0.3) is 0 Å². The van der Waals surface area contributed by atoms with Crippen molar-refractivity contribution in [2.24, 2.45) is 5.92 Å². The van der Waals surface area contributed by atoms with Gasteiger partial charge in [-0.3, -0.25) is 9.69 Å². The molecule has 1 unspecified atom stereocenters. The molecule has 2 bridgehead atoms. The third-order valence-electron chi connectivity index (χ3n) is 10.2. The summed E-state index contributed by atoms with van der Waals surface area (Å²) in [6, 6.07) is 3.96. The molecule has 5 atom stereocenters. The Hall–Kier alpha value is -5.12. The third kappa shape index (κ3) is 5.51. The Morgan fingerprint density at radius 2 is 2.10 bits per heavy atom. The van der Waals surface area contributed by atoms with E-state index >= 15 is 4.39 Å². The molecule has 3 fully saturated rings. The molecule has 4 aliphatic rings. The molecule has 3 aromatic rings. The number of rotatable bonds is 8. The molecule has 1 N–H and O–H groups in total. The first-order valence-corrected chi connectivity index (χ1v) is 16.4. The fraction of sp³-hybridized carbons (Fsp3) is 0.457. The lowest BCUT2D eigenvalue weighted by Crippen LogP contribution is -2.56. The Kier molecular flexibility index (Phi) is 8.66. The second-order valence-electron chi connectivity index (χ2n) is 13.2. The number of terminal acetylenes is 1. The van der Waals surface area contributed by atoms with E-state index in [1.807, 2.05) is 11.8 Å². The lowest BCUT2D eigenvalue weighted by molar-refractivity contribution is -0.129. The minimum atomic E-state index is -1.12. The lowest BCUT2D eigenvalue weighted by atomic mass is 10.00. The van der Waals surface area contributed by atoms with Crippen LogP contribution < -0.4 is 19.3 Å². The molecule has 2 aromatic heterocycles. The number of nitrogens with zero attached hydrogens (tertiary/aromatic N) is 8. The van der Waals surface area contributed by atoms with Crippen molar-refractivity contribution in [1.29, 1.82) is 5.26 Å². The number of pyridine rings is 1. The average Bonchev–Trinajstić information content (AvgIpc) is 3.53. The predicted molar refractivity (Wildman–Crippen MR) is 177 cm³/mol. The van der Waals surface area contributed by atoms with E-state index in [1.54, 1.807) is 9.80 Å². The summed E-state index contributed by atoms with van der Waals surface area (Å²) in [6.45, 7) is 6.37. The largest absolute Gasteiger partial charge is 0.489 e. The Bertz CT molecular complexity index is 1950. The highest BCUT2D eigenvalue weighted by Crippen LogP contribution is 2.43. The first kappa shape index (κ1) is 33.4. The molecule has 12 nitrogen and oxygen atoms in total. The van der Waals surface area contributed by atoms with Gasteiger partial charge < -0.3 is 29.3 Å². The molecule has 4 aliphatic heterocycles. The van der Waals surface area contributed by atoms with Gasteiger partial charge in [0.1, 0.15) is 48.0 Å². The number of β-amino-alcohol motifs (C(OH)–C–C–N with tert-alkyl or cyclic N) is 1. The number of piperazine rings is 1. The Morgan fingerprint density at radius 3 is 2.84 bits per heavy atom. The molecule has 50 heavy (non-hydrogen) atoms. The maximum Gasteiger partial charge on any atom is 0.319 e. The van der Waals surface area contributed by atoms with Gasteiger partial charge in [-0.2, -0.15) is 15.2 Å². The lowest BCUT2D eigenvalue weighted by Gasteiger charge is -2.41. The zero-order valence-electron chi connectivity index (χ0n) is 27.4. The van der Waals surface area contributed by atoms with Crippen molar-refractivity contribution in [1.82, 2.24) is 24.8 Å². The summed E-state index contributed by atoms with van der Waals surface area (Å²) in [4.78, 5) is 33.3. The third-order valence-corrected chi connectivity index (χ3v) is 10.2. The number of carbonyl (C=O) groups excluding carboxylic acids is 1. The Balaban J connectivity index is 1.33. The number of likely N-dealkylation sites (tertiary alicyclic amines) is 1. The van der Waals surface area contributed by atoms with Crippen molar-refractivity contribution in [3.63, 3.8) is 0 Å². The zero-order valence-corrected chi connectivity index (χ0v) is 27.4. The van der Waals surface area contributed by atoms with Crippen LogP contribution in [0.1, 0.15) is 25.3 Å². The highest BCUT2D eigenvalue weighted by atomic mass is 19.1.